The molecule has 0 bridgehead atoms. The number of carbonyl (C=O) groups excluding carboxylic acids is 1. The van der Waals surface area contributed by atoms with E-state index in [4.69, 9.17) is 9.47 Å². The summed E-state index contributed by atoms with van der Waals surface area (Å²) in [5, 5.41) is 2.72. The molecule has 0 spiro atoms. The van der Waals surface area contributed by atoms with Gasteiger partial charge in [-0.25, -0.2) is 8.42 Å². The maximum atomic E-state index is 13.4. The number of nitrogens with zero attached hydrogens (tertiary/aromatic N) is 1. The van der Waals surface area contributed by atoms with E-state index in [0.717, 1.165) is 9.87 Å². The van der Waals surface area contributed by atoms with Gasteiger partial charge in [0.15, 0.2) is 0 Å². The third-order valence-electron chi connectivity index (χ3n) is 4.66. The molecule has 168 valence electrons. The summed E-state index contributed by atoms with van der Waals surface area (Å²) in [6.45, 7) is 1.94. The van der Waals surface area contributed by atoms with Crippen molar-refractivity contribution in [3.63, 3.8) is 0 Å². The van der Waals surface area contributed by atoms with Crippen LogP contribution in [0.3, 0.4) is 0 Å². The van der Waals surface area contributed by atoms with Gasteiger partial charge in [-0.05, 0) is 48.9 Å². The van der Waals surface area contributed by atoms with Crippen LogP contribution in [-0.4, -0.2) is 41.1 Å². The molecule has 0 saturated carbocycles. The minimum Gasteiger partial charge on any atom is -0.495 e. The Morgan fingerprint density at radius 3 is 2.28 bits per heavy atom. The Morgan fingerprint density at radius 2 is 1.62 bits per heavy atom. The monoisotopic (exact) mass is 454 g/mol. The van der Waals surface area contributed by atoms with Gasteiger partial charge in [-0.1, -0.05) is 42.5 Å². The van der Waals surface area contributed by atoms with Gasteiger partial charge in [0.2, 0.25) is 5.91 Å². The minimum atomic E-state index is -4.01. The molecule has 0 radical (unpaired) electrons. The van der Waals surface area contributed by atoms with E-state index in [-0.39, 0.29) is 18.0 Å². The molecule has 0 saturated heterocycles. The first-order valence-electron chi connectivity index (χ1n) is 10.1. The Hall–Kier alpha value is -3.52. The van der Waals surface area contributed by atoms with Crippen molar-refractivity contribution in [1.29, 1.82) is 0 Å². The highest BCUT2D eigenvalue weighted by Gasteiger charge is 2.29. The molecule has 0 unspecified atom stereocenters. The van der Waals surface area contributed by atoms with Gasteiger partial charge < -0.3 is 14.8 Å². The Morgan fingerprint density at radius 1 is 0.969 bits per heavy atom. The van der Waals surface area contributed by atoms with Crippen molar-refractivity contribution in [2.24, 2.45) is 0 Å². The predicted molar refractivity (Wildman–Crippen MR) is 124 cm³/mol. The minimum absolute atomic E-state index is 0.0868. The molecule has 7 nitrogen and oxygen atoms in total. The molecule has 0 aliphatic rings. The summed E-state index contributed by atoms with van der Waals surface area (Å²) >= 11 is 0. The number of hydrogen-bond donors (Lipinski definition) is 1. The number of benzene rings is 3. The molecule has 32 heavy (non-hydrogen) atoms. The highest BCUT2D eigenvalue weighted by atomic mass is 32.2. The Labute approximate surface area is 188 Å². The van der Waals surface area contributed by atoms with Crippen LogP contribution in [0.2, 0.25) is 0 Å². The van der Waals surface area contributed by atoms with Crippen molar-refractivity contribution in [2.75, 3.05) is 31.1 Å². The van der Waals surface area contributed by atoms with Gasteiger partial charge in [0.1, 0.15) is 24.7 Å². The molecular formula is C24H26N2O5S. The van der Waals surface area contributed by atoms with Crippen LogP contribution < -0.4 is 19.1 Å². The van der Waals surface area contributed by atoms with Crippen LogP contribution in [0.4, 0.5) is 5.69 Å². The Bertz CT molecular complexity index is 1140. The standard InChI is InChI=1S/C24H26N2O5S/c1-19-13-14-23(30-2)22(17-19)26(32(28,29)21-11-7-4-8-12-21)18-24(27)25-15-16-31-20-9-5-3-6-10-20/h3-14,17H,15-16,18H2,1-2H3,(H,25,27). The maximum Gasteiger partial charge on any atom is 0.264 e. The van der Waals surface area contributed by atoms with E-state index in [2.05, 4.69) is 5.32 Å². The van der Waals surface area contributed by atoms with Crippen LogP contribution in [0.5, 0.6) is 11.5 Å². The SMILES string of the molecule is COc1ccc(C)cc1N(CC(=O)NCCOc1ccccc1)S(=O)(=O)c1ccccc1. The summed E-state index contributed by atoms with van der Waals surface area (Å²) in [5.41, 5.74) is 1.14. The molecule has 0 aliphatic heterocycles. The van der Waals surface area contributed by atoms with Crippen molar-refractivity contribution < 1.29 is 22.7 Å². The number of aryl methyl sites for hydroxylation is 1. The average Bonchev–Trinajstić information content (AvgIpc) is 2.81. The zero-order valence-corrected chi connectivity index (χ0v) is 18.8. The van der Waals surface area contributed by atoms with Gasteiger partial charge >= 0.3 is 0 Å². The number of ether oxygens (including phenoxy) is 2. The fraction of sp³-hybridized carbons (Fsp3) is 0.208. The summed E-state index contributed by atoms with van der Waals surface area (Å²) in [6.07, 6.45) is 0. The molecule has 0 fully saturated rings. The lowest BCUT2D eigenvalue weighted by molar-refractivity contribution is -0.119. The molecule has 3 aromatic carbocycles. The zero-order valence-electron chi connectivity index (χ0n) is 18.0. The second kappa shape index (κ2) is 10.7. The smallest absolute Gasteiger partial charge is 0.264 e. The number of rotatable bonds is 10. The summed E-state index contributed by atoms with van der Waals surface area (Å²) in [7, 11) is -2.55. The van der Waals surface area contributed by atoms with Gasteiger partial charge in [-0.3, -0.25) is 9.10 Å². The van der Waals surface area contributed by atoms with Crippen molar-refractivity contribution in [3.8, 4) is 11.5 Å². The number of amides is 1. The number of carbonyl (C=O) groups is 1. The third-order valence-corrected chi connectivity index (χ3v) is 6.43. The molecule has 1 N–H and O–H groups in total. The van der Waals surface area contributed by atoms with E-state index >= 15 is 0 Å². The van der Waals surface area contributed by atoms with Crippen LogP contribution in [0.1, 0.15) is 5.56 Å². The van der Waals surface area contributed by atoms with E-state index in [9.17, 15) is 13.2 Å². The molecule has 3 aromatic rings. The zero-order chi connectivity index (χ0) is 23.0. The molecule has 0 heterocycles. The molecule has 3 rings (SSSR count). The first-order chi connectivity index (χ1) is 15.4. The normalized spacial score (nSPS) is 10.9. The number of sulfonamides is 1. The lowest BCUT2D eigenvalue weighted by Crippen LogP contribution is -2.42. The topological polar surface area (TPSA) is 84.9 Å². The van der Waals surface area contributed by atoms with Crippen molar-refractivity contribution >= 4 is 21.6 Å². The van der Waals surface area contributed by atoms with Crippen molar-refractivity contribution in [3.05, 3.63) is 84.4 Å². The van der Waals surface area contributed by atoms with E-state index in [1.165, 1.54) is 19.2 Å². The largest absolute Gasteiger partial charge is 0.495 e. The van der Waals surface area contributed by atoms with Gasteiger partial charge in [0.05, 0.1) is 24.2 Å². The number of hydrogen-bond acceptors (Lipinski definition) is 5. The van der Waals surface area contributed by atoms with Gasteiger partial charge in [-0.15, -0.1) is 0 Å². The number of anilines is 1. The van der Waals surface area contributed by atoms with Crippen LogP contribution in [0, 0.1) is 6.92 Å². The van der Waals surface area contributed by atoms with Gasteiger partial charge in [0.25, 0.3) is 10.0 Å². The second-order valence-electron chi connectivity index (χ2n) is 7.01. The average molecular weight is 455 g/mol. The summed E-state index contributed by atoms with van der Waals surface area (Å²) in [6, 6.07) is 22.4. The lowest BCUT2D eigenvalue weighted by atomic mass is 10.2. The molecule has 8 heteroatoms. The van der Waals surface area contributed by atoms with Gasteiger partial charge in [0, 0.05) is 0 Å². The van der Waals surface area contributed by atoms with Crippen LogP contribution >= 0.6 is 0 Å². The highest BCUT2D eigenvalue weighted by molar-refractivity contribution is 7.92. The molecular weight excluding hydrogens is 428 g/mol. The highest BCUT2D eigenvalue weighted by Crippen LogP contribution is 2.33. The number of nitrogens with one attached hydrogen (secondary N) is 1. The van der Waals surface area contributed by atoms with E-state index in [1.807, 2.05) is 43.3 Å². The fourth-order valence-electron chi connectivity index (χ4n) is 3.08. The van der Waals surface area contributed by atoms with E-state index in [0.29, 0.717) is 17.2 Å². The molecule has 0 atom stereocenters. The fourth-order valence-corrected chi connectivity index (χ4v) is 4.52. The van der Waals surface area contributed by atoms with E-state index in [1.54, 1.807) is 30.3 Å². The first kappa shape index (κ1) is 23.1. The Kier molecular flexibility index (Phi) is 7.72. The molecule has 0 aliphatic carbocycles. The van der Waals surface area contributed by atoms with E-state index < -0.39 is 22.5 Å². The lowest BCUT2D eigenvalue weighted by Gasteiger charge is -2.26. The van der Waals surface area contributed by atoms with Crippen molar-refractivity contribution in [2.45, 2.75) is 11.8 Å². The predicted octanol–water partition coefficient (Wildman–Crippen LogP) is 3.39. The summed E-state index contributed by atoms with van der Waals surface area (Å²) < 4.78 is 38.9. The van der Waals surface area contributed by atoms with Crippen molar-refractivity contribution in [1.82, 2.24) is 5.32 Å². The maximum absolute atomic E-state index is 13.4. The Balaban J connectivity index is 1.79. The summed E-state index contributed by atoms with van der Waals surface area (Å²) in [4.78, 5) is 12.8. The van der Waals surface area contributed by atoms with Crippen LogP contribution in [0.15, 0.2) is 83.8 Å². The first-order valence-corrected chi connectivity index (χ1v) is 11.5. The quantitative estimate of drug-likeness (QED) is 0.475. The number of methoxy groups -OCH3 is 1. The second-order valence-corrected chi connectivity index (χ2v) is 8.87. The number of para-hydroxylation sites is 1. The van der Waals surface area contributed by atoms with Crippen LogP contribution in [0.25, 0.3) is 0 Å². The van der Waals surface area contributed by atoms with Gasteiger partial charge in [-0.2, -0.15) is 0 Å². The summed E-state index contributed by atoms with van der Waals surface area (Å²) in [5.74, 6) is 0.597. The third kappa shape index (κ3) is 5.79. The molecule has 0 aromatic heterocycles. The van der Waals surface area contributed by atoms with Crippen LogP contribution in [-0.2, 0) is 14.8 Å². The molecule has 1 amide bonds.